The molecule has 0 aliphatic carbocycles. The number of hydrogen-bond donors (Lipinski definition) is 2. The van der Waals surface area contributed by atoms with Crippen LogP contribution in [0.15, 0.2) is 42.5 Å². The van der Waals surface area contributed by atoms with E-state index in [-0.39, 0.29) is 18.9 Å². The third kappa shape index (κ3) is 4.12. The number of carboxylic acid groups (broad SMARTS) is 1. The Kier molecular flexibility index (Phi) is 5.80. The number of aliphatic carboxylic acids is 1. The van der Waals surface area contributed by atoms with Crippen molar-refractivity contribution < 1.29 is 14.7 Å². The molecule has 0 saturated carbocycles. The van der Waals surface area contributed by atoms with Crippen molar-refractivity contribution in [3.05, 3.63) is 57.2 Å². The van der Waals surface area contributed by atoms with Crippen molar-refractivity contribution in [2.24, 2.45) is 0 Å². The van der Waals surface area contributed by atoms with E-state index < -0.39 is 11.4 Å². The molecule has 4 nitrogen and oxygen atoms in total. The maximum Gasteiger partial charge on any atom is 0.315 e. The summed E-state index contributed by atoms with van der Waals surface area (Å²) in [6, 6.07) is 12.5. The Hall–Kier alpha value is -1.85. The van der Waals surface area contributed by atoms with Crippen LogP contribution in [0.2, 0.25) is 4.34 Å². The van der Waals surface area contributed by atoms with Gasteiger partial charge in [-0.25, -0.2) is 0 Å². The number of halogens is 1. The molecule has 0 aliphatic rings. The smallest absolute Gasteiger partial charge is 0.315 e. The zero-order valence-corrected chi connectivity index (χ0v) is 14.3. The van der Waals surface area contributed by atoms with E-state index in [1.54, 1.807) is 36.4 Å². The maximum atomic E-state index is 12.1. The molecule has 1 aromatic carbocycles. The predicted molar refractivity (Wildman–Crippen MR) is 92.1 cm³/mol. The van der Waals surface area contributed by atoms with Crippen molar-refractivity contribution in [2.75, 3.05) is 6.54 Å². The monoisotopic (exact) mass is 351 g/mol. The SMILES string of the molecule is CCC(CNC(=O)Cc1ccc(Cl)s1)(C(=O)O)c1ccccc1. The molecule has 2 N–H and O–H groups in total. The molecule has 6 heteroatoms. The third-order valence-corrected chi connectivity index (χ3v) is 5.12. The fraction of sp³-hybridized carbons (Fsp3) is 0.294. The van der Waals surface area contributed by atoms with Gasteiger partial charge in [-0.2, -0.15) is 0 Å². The summed E-state index contributed by atoms with van der Waals surface area (Å²) in [5.41, 5.74) is -0.432. The highest BCUT2D eigenvalue weighted by Gasteiger charge is 2.38. The van der Waals surface area contributed by atoms with E-state index in [1.165, 1.54) is 11.3 Å². The molecular formula is C17H18ClNO3S. The summed E-state index contributed by atoms with van der Waals surface area (Å²) in [5, 5.41) is 12.5. The topological polar surface area (TPSA) is 66.4 Å². The molecule has 1 heterocycles. The summed E-state index contributed by atoms with van der Waals surface area (Å²) >= 11 is 7.19. The molecule has 2 rings (SSSR count). The lowest BCUT2D eigenvalue weighted by molar-refractivity contribution is -0.144. The van der Waals surface area contributed by atoms with Gasteiger partial charge in [0.05, 0.1) is 10.8 Å². The number of carbonyl (C=O) groups excluding carboxylic acids is 1. The van der Waals surface area contributed by atoms with Gasteiger partial charge in [0.2, 0.25) is 5.91 Å². The zero-order chi connectivity index (χ0) is 16.9. The molecule has 2 aromatic rings. The van der Waals surface area contributed by atoms with Crippen LogP contribution in [-0.2, 0) is 21.4 Å². The van der Waals surface area contributed by atoms with Crippen molar-refractivity contribution in [3.63, 3.8) is 0 Å². The second kappa shape index (κ2) is 7.62. The first-order chi connectivity index (χ1) is 11.0. The van der Waals surface area contributed by atoms with Crippen LogP contribution in [0.3, 0.4) is 0 Å². The molecule has 0 fully saturated rings. The highest BCUT2D eigenvalue weighted by molar-refractivity contribution is 7.16. The molecule has 23 heavy (non-hydrogen) atoms. The van der Waals surface area contributed by atoms with Crippen molar-refractivity contribution >= 4 is 34.8 Å². The molecule has 0 radical (unpaired) electrons. The molecule has 1 aromatic heterocycles. The summed E-state index contributed by atoms with van der Waals surface area (Å²) in [7, 11) is 0. The van der Waals surface area contributed by atoms with Crippen molar-refractivity contribution in [1.29, 1.82) is 0 Å². The predicted octanol–water partition coefficient (Wildman–Crippen LogP) is 3.49. The van der Waals surface area contributed by atoms with Crippen LogP contribution in [0.4, 0.5) is 0 Å². The van der Waals surface area contributed by atoms with Gasteiger partial charge in [-0.1, -0.05) is 48.9 Å². The first-order valence-corrected chi connectivity index (χ1v) is 8.47. The molecule has 1 unspecified atom stereocenters. The average Bonchev–Trinajstić information content (AvgIpc) is 2.94. The lowest BCUT2D eigenvalue weighted by Gasteiger charge is -2.29. The van der Waals surface area contributed by atoms with Crippen LogP contribution in [0.5, 0.6) is 0 Å². The lowest BCUT2D eigenvalue weighted by atomic mass is 9.78. The molecule has 122 valence electrons. The van der Waals surface area contributed by atoms with Gasteiger partial charge >= 0.3 is 5.97 Å². The van der Waals surface area contributed by atoms with Crippen LogP contribution in [0, 0.1) is 0 Å². The maximum absolute atomic E-state index is 12.1. The van der Waals surface area contributed by atoms with E-state index >= 15 is 0 Å². The van der Waals surface area contributed by atoms with Crippen molar-refractivity contribution in [2.45, 2.75) is 25.2 Å². The molecule has 1 atom stereocenters. The van der Waals surface area contributed by atoms with Gasteiger partial charge in [0.25, 0.3) is 0 Å². The minimum atomic E-state index is -1.12. The summed E-state index contributed by atoms with van der Waals surface area (Å²) < 4.78 is 0.630. The Balaban J connectivity index is 2.10. The number of rotatable bonds is 7. The minimum absolute atomic E-state index is 0.0563. The Morgan fingerprint density at radius 3 is 2.43 bits per heavy atom. The van der Waals surface area contributed by atoms with Gasteiger partial charge in [-0.3, -0.25) is 9.59 Å². The Morgan fingerprint density at radius 1 is 1.22 bits per heavy atom. The largest absolute Gasteiger partial charge is 0.481 e. The quantitative estimate of drug-likeness (QED) is 0.802. The first kappa shape index (κ1) is 17.5. The normalized spacial score (nSPS) is 13.3. The van der Waals surface area contributed by atoms with Gasteiger partial charge in [0.1, 0.15) is 5.41 Å². The molecule has 0 bridgehead atoms. The van der Waals surface area contributed by atoms with E-state index in [2.05, 4.69) is 5.32 Å². The first-order valence-electron chi connectivity index (χ1n) is 7.28. The van der Waals surface area contributed by atoms with E-state index in [1.807, 2.05) is 13.0 Å². The summed E-state index contributed by atoms with van der Waals surface area (Å²) in [4.78, 5) is 24.8. The molecule has 1 amide bonds. The van der Waals surface area contributed by atoms with Crippen LogP contribution in [0.25, 0.3) is 0 Å². The Labute approximate surface area is 144 Å². The highest BCUT2D eigenvalue weighted by atomic mass is 35.5. The fourth-order valence-corrected chi connectivity index (χ4v) is 3.54. The number of hydrogen-bond acceptors (Lipinski definition) is 3. The summed E-state index contributed by atoms with van der Waals surface area (Å²) in [6.45, 7) is 1.87. The van der Waals surface area contributed by atoms with Crippen molar-refractivity contribution in [3.8, 4) is 0 Å². The van der Waals surface area contributed by atoms with Crippen molar-refractivity contribution in [1.82, 2.24) is 5.32 Å². The van der Waals surface area contributed by atoms with Gasteiger partial charge in [0.15, 0.2) is 0 Å². The number of amides is 1. The molecule has 0 saturated heterocycles. The second-order valence-electron chi connectivity index (χ2n) is 5.27. The Morgan fingerprint density at radius 2 is 1.91 bits per heavy atom. The van der Waals surface area contributed by atoms with Crippen LogP contribution < -0.4 is 5.32 Å². The number of benzene rings is 1. The summed E-state index contributed by atoms with van der Waals surface area (Å²) in [6.07, 6.45) is 0.586. The van der Waals surface area contributed by atoms with Crippen LogP contribution in [0.1, 0.15) is 23.8 Å². The standard InChI is InChI=1S/C17H18ClNO3S/c1-2-17(16(21)22,12-6-4-3-5-7-12)11-19-15(20)10-13-8-9-14(18)23-13/h3-9H,2,10-11H2,1H3,(H,19,20)(H,21,22). The van der Waals surface area contributed by atoms with Gasteiger partial charge in [0, 0.05) is 11.4 Å². The number of carbonyl (C=O) groups is 2. The average molecular weight is 352 g/mol. The van der Waals surface area contributed by atoms with Gasteiger partial charge in [-0.05, 0) is 24.1 Å². The minimum Gasteiger partial charge on any atom is -0.481 e. The molecule has 0 aliphatic heterocycles. The van der Waals surface area contributed by atoms with E-state index in [4.69, 9.17) is 11.6 Å². The number of nitrogens with one attached hydrogen (secondary N) is 1. The van der Waals surface area contributed by atoms with Gasteiger partial charge < -0.3 is 10.4 Å². The number of thiophene rings is 1. The number of carboxylic acids is 1. The van der Waals surface area contributed by atoms with Gasteiger partial charge in [-0.15, -0.1) is 11.3 Å². The fourth-order valence-electron chi connectivity index (χ4n) is 2.46. The van der Waals surface area contributed by atoms with E-state index in [0.717, 1.165) is 4.88 Å². The third-order valence-electron chi connectivity index (χ3n) is 3.89. The summed E-state index contributed by atoms with van der Waals surface area (Å²) in [5.74, 6) is -1.15. The van der Waals surface area contributed by atoms with E-state index in [9.17, 15) is 14.7 Å². The Bertz CT molecular complexity index is 686. The molecular weight excluding hydrogens is 334 g/mol. The van der Waals surface area contributed by atoms with E-state index in [0.29, 0.717) is 16.3 Å². The second-order valence-corrected chi connectivity index (χ2v) is 7.07. The van der Waals surface area contributed by atoms with Crippen LogP contribution >= 0.6 is 22.9 Å². The molecule has 0 spiro atoms. The zero-order valence-electron chi connectivity index (χ0n) is 12.7. The van der Waals surface area contributed by atoms with Crippen LogP contribution in [-0.4, -0.2) is 23.5 Å². The lowest BCUT2D eigenvalue weighted by Crippen LogP contribution is -2.46. The highest BCUT2D eigenvalue weighted by Crippen LogP contribution is 2.28.